The van der Waals surface area contributed by atoms with Gasteiger partial charge in [-0.15, -0.1) is 0 Å². The zero-order chi connectivity index (χ0) is 13.1. The van der Waals surface area contributed by atoms with E-state index in [0.29, 0.717) is 29.7 Å². The molecule has 1 aliphatic rings. The first-order valence-corrected chi connectivity index (χ1v) is 6.17. The van der Waals surface area contributed by atoms with E-state index in [9.17, 15) is 9.90 Å². The van der Waals surface area contributed by atoms with Crippen molar-refractivity contribution < 1.29 is 9.90 Å². The van der Waals surface area contributed by atoms with E-state index in [4.69, 9.17) is 16.9 Å². The Morgan fingerprint density at radius 3 is 2.83 bits per heavy atom. The molecule has 18 heavy (non-hydrogen) atoms. The molecule has 1 saturated carbocycles. The van der Waals surface area contributed by atoms with Crippen LogP contribution in [-0.2, 0) is 0 Å². The summed E-state index contributed by atoms with van der Waals surface area (Å²) in [4.78, 5) is 13.2. The largest absolute Gasteiger partial charge is 0.478 e. The van der Waals surface area contributed by atoms with Gasteiger partial charge in [0, 0.05) is 17.6 Å². The molecule has 0 spiro atoms. The summed E-state index contributed by atoms with van der Waals surface area (Å²) < 4.78 is 0. The molecular weight excluding hydrogens is 252 g/mol. The predicted octanol–water partition coefficient (Wildman–Crippen LogP) is 2.92. The minimum Gasteiger partial charge on any atom is -0.478 e. The summed E-state index contributed by atoms with van der Waals surface area (Å²) in [7, 11) is 0. The first-order chi connectivity index (χ1) is 8.63. The lowest BCUT2D eigenvalue weighted by Crippen LogP contribution is -2.28. The number of halogens is 1. The fourth-order valence-electron chi connectivity index (χ4n) is 1.98. The molecule has 0 amide bonds. The van der Waals surface area contributed by atoms with E-state index in [1.165, 1.54) is 6.07 Å². The molecule has 0 aliphatic heterocycles. The van der Waals surface area contributed by atoms with Crippen LogP contribution in [0.25, 0.3) is 0 Å². The molecule has 0 saturated heterocycles. The maximum Gasteiger partial charge on any atom is 0.337 e. The third-order valence-electron chi connectivity index (χ3n) is 2.95. The summed E-state index contributed by atoms with van der Waals surface area (Å²) in [5, 5.41) is 18.4. The number of anilines is 1. The Morgan fingerprint density at radius 1 is 1.56 bits per heavy atom. The van der Waals surface area contributed by atoms with Crippen LogP contribution in [0.4, 0.5) is 5.69 Å². The number of hydrogen-bond donors (Lipinski definition) is 1. The first kappa shape index (κ1) is 12.7. The Hall–Kier alpha value is -1.73. The van der Waals surface area contributed by atoms with Crippen LogP contribution in [0.5, 0.6) is 0 Å². The van der Waals surface area contributed by atoms with Crippen molar-refractivity contribution in [1.29, 1.82) is 5.26 Å². The molecule has 0 heterocycles. The average Bonchev–Trinajstić information content (AvgIpc) is 3.13. The lowest BCUT2D eigenvalue weighted by molar-refractivity contribution is 0.0697. The van der Waals surface area contributed by atoms with E-state index >= 15 is 0 Å². The van der Waals surface area contributed by atoms with E-state index in [2.05, 4.69) is 6.07 Å². The lowest BCUT2D eigenvalue weighted by atomic mass is 10.1. The van der Waals surface area contributed by atoms with Crippen LogP contribution in [0, 0.1) is 11.3 Å². The average molecular weight is 265 g/mol. The molecule has 0 radical (unpaired) electrons. The maximum atomic E-state index is 11.2. The van der Waals surface area contributed by atoms with E-state index in [1.807, 2.05) is 4.90 Å². The Kier molecular flexibility index (Phi) is 3.73. The Morgan fingerprint density at radius 2 is 2.28 bits per heavy atom. The third-order valence-corrected chi connectivity index (χ3v) is 3.19. The second-order valence-corrected chi connectivity index (χ2v) is 4.74. The summed E-state index contributed by atoms with van der Waals surface area (Å²) in [5.41, 5.74) is 0.858. The molecule has 0 unspecified atom stereocenters. The molecule has 94 valence electrons. The van der Waals surface area contributed by atoms with Crippen LogP contribution in [0.15, 0.2) is 18.2 Å². The number of carboxylic acids is 1. The minimum absolute atomic E-state index is 0.240. The molecule has 1 aliphatic carbocycles. The molecule has 0 aromatic heterocycles. The van der Waals surface area contributed by atoms with Gasteiger partial charge in [0.15, 0.2) is 0 Å². The summed E-state index contributed by atoms with van der Waals surface area (Å²) in [5.74, 6) is -0.968. The number of nitriles is 1. The van der Waals surface area contributed by atoms with Crippen LogP contribution >= 0.6 is 11.6 Å². The standard InChI is InChI=1S/C13H13ClN2O2/c14-9-2-5-11(13(17)18)12(8-9)16(7-1-6-15)10-3-4-10/h2,5,8,10H,1,3-4,7H2,(H,17,18). The Labute approximate surface area is 110 Å². The smallest absolute Gasteiger partial charge is 0.337 e. The van der Waals surface area contributed by atoms with Crippen molar-refractivity contribution in [2.75, 3.05) is 11.4 Å². The number of carboxylic acid groups (broad SMARTS) is 1. The van der Waals surface area contributed by atoms with Gasteiger partial charge >= 0.3 is 5.97 Å². The second-order valence-electron chi connectivity index (χ2n) is 4.30. The molecule has 1 aromatic rings. The van der Waals surface area contributed by atoms with Gasteiger partial charge in [-0.3, -0.25) is 0 Å². The molecule has 1 N–H and O–H groups in total. The number of carbonyl (C=O) groups is 1. The lowest BCUT2D eigenvalue weighted by Gasteiger charge is -2.25. The molecule has 2 rings (SSSR count). The van der Waals surface area contributed by atoms with Crippen molar-refractivity contribution in [3.05, 3.63) is 28.8 Å². The number of nitrogens with zero attached hydrogens (tertiary/aromatic N) is 2. The molecule has 0 atom stereocenters. The van der Waals surface area contributed by atoms with Crippen LogP contribution in [-0.4, -0.2) is 23.7 Å². The minimum atomic E-state index is -0.968. The molecule has 1 aromatic carbocycles. The molecule has 5 heteroatoms. The van der Waals surface area contributed by atoms with Gasteiger partial charge in [0.1, 0.15) is 0 Å². The predicted molar refractivity (Wildman–Crippen MR) is 69.0 cm³/mol. The van der Waals surface area contributed by atoms with Gasteiger partial charge in [-0.1, -0.05) is 11.6 Å². The van der Waals surface area contributed by atoms with Crippen LogP contribution in [0.2, 0.25) is 5.02 Å². The highest BCUT2D eigenvalue weighted by Gasteiger charge is 2.31. The normalized spacial score (nSPS) is 14.0. The van der Waals surface area contributed by atoms with Crippen LogP contribution < -0.4 is 4.90 Å². The maximum absolute atomic E-state index is 11.2. The highest BCUT2D eigenvalue weighted by molar-refractivity contribution is 6.31. The molecule has 1 fully saturated rings. The van der Waals surface area contributed by atoms with Gasteiger partial charge < -0.3 is 10.0 Å². The fourth-order valence-corrected chi connectivity index (χ4v) is 2.15. The van der Waals surface area contributed by atoms with Gasteiger partial charge in [-0.25, -0.2) is 4.79 Å². The Balaban J connectivity index is 2.36. The van der Waals surface area contributed by atoms with Gasteiger partial charge in [0.05, 0.1) is 23.7 Å². The zero-order valence-electron chi connectivity index (χ0n) is 9.77. The fraction of sp³-hybridized carbons (Fsp3) is 0.385. The van der Waals surface area contributed by atoms with Gasteiger partial charge in [0.2, 0.25) is 0 Å². The van der Waals surface area contributed by atoms with E-state index in [1.54, 1.807) is 12.1 Å². The first-order valence-electron chi connectivity index (χ1n) is 5.80. The molecular formula is C13H13ClN2O2. The summed E-state index contributed by atoms with van der Waals surface area (Å²) in [6.07, 6.45) is 2.45. The van der Waals surface area contributed by atoms with Crippen molar-refractivity contribution in [1.82, 2.24) is 0 Å². The third kappa shape index (κ3) is 2.74. The number of rotatable bonds is 5. The number of aromatic carboxylic acids is 1. The summed E-state index contributed by atoms with van der Waals surface area (Å²) in [6.45, 7) is 0.543. The SMILES string of the molecule is N#CCCN(c1cc(Cl)ccc1C(=O)O)C1CC1. The number of benzene rings is 1. The van der Waals surface area contributed by atoms with E-state index < -0.39 is 5.97 Å². The van der Waals surface area contributed by atoms with Crippen LogP contribution in [0.1, 0.15) is 29.6 Å². The topological polar surface area (TPSA) is 64.3 Å². The zero-order valence-corrected chi connectivity index (χ0v) is 10.5. The van der Waals surface area contributed by atoms with E-state index in [0.717, 1.165) is 12.8 Å². The Bertz CT molecular complexity index is 506. The van der Waals surface area contributed by atoms with Crippen molar-refractivity contribution in [3.8, 4) is 6.07 Å². The van der Waals surface area contributed by atoms with Crippen molar-refractivity contribution >= 4 is 23.3 Å². The van der Waals surface area contributed by atoms with Crippen molar-refractivity contribution in [2.45, 2.75) is 25.3 Å². The summed E-state index contributed by atoms with van der Waals surface area (Å²) >= 11 is 5.94. The summed E-state index contributed by atoms with van der Waals surface area (Å²) in [6, 6.07) is 7.19. The second kappa shape index (κ2) is 5.28. The molecule has 0 bridgehead atoms. The van der Waals surface area contributed by atoms with Gasteiger partial charge in [-0.05, 0) is 31.0 Å². The van der Waals surface area contributed by atoms with Crippen LogP contribution in [0.3, 0.4) is 0 Å². The number of hydrogen-bond acceptors (Lipinski definition) is 3. The van der Waals surface area contributed by atoms with Gasteiger partial charge in [-0.2, -0.15) is 5.26 Å². The van der Waals surface area contributed by atoms with Crippen molar-refractivity contribution in [2.24, 2.45) is 0 Å². The van der Waals surface area contributed by atoms with Crippen molar-refractivity contribution in [3.63, 3.8) is 0 Å². The highest BCUT2D eigenvalue weighted by Crippen LogP contribution is 2.35. The van der Waals surface area contributed by atoms with E-state index in [-0.39, 0.29) is 5.56 Å². The quantitative estimate of drug-likeness (QED) is 0.888. The molecule has 4 nitrogen and oxygen atoms in total. The van der Waals surface area contributed by atoms with Gasteiger partial charge in [0.25, 0.3) is 0 Å². The highest BCUT2D eigenvalue weighted by atomic mass is 35.5. The monoisotopic (exact) mass is 264 g/mol.